The molecular formula is C17H24N2O2. The number of urea groups is 1. The molecule has 1 unspecified atom stereocenters. The van der Waals surface area contributed by atoms with Crippen LogP contribution in [0.15, 0.2) is 36.4 Å². The van der Waals surface area contributed by atoms with Gasteiger partial charge >= 0.3 is 6.03 Å². The van der Waals surface area contributed by atoms with Crippen LogP contribution in [0.25, 0.3) is 0 Å². The first kappa shape index (κ1) is 15.6. The van der Waals surface area contributed by atoms with Crippen LogP contribution in [0.3, 0.4) is 0 Å². The van der Waals surface area contributed by atoms with Crippen molar-refractivity contribution in [3.63, 3.8) is 0 Å². The van der Waals surface area contributed by atoms with Gasteiger partial charge < -0.3 is 15.3 Å². The van der Waals surface area contributed by atoms with Gasteiger partial charge in [-0.15, -0.1) is 0 Å². The number of fused-ring (bicyclic) bond motifs is 1. The number of rotatable bonds is 6. The molecule has 2 rings (SSSR count). The maximum absolute atomic E-state index is 12.4. The molecule has 0 heterocycles. The third kappa shape index (κ3) is 3.85. The Labute approximate surface area is 126 Å². The summed E-state index contributed by atoms with van der Waals surface area (Å²) in [7, 11) is 0. The lowest BCUT2D eigenvalue weighted by Crippen LogP contribution is -2.43. The number of allylic oxidation sites excluding steroid dienone is 1. The van der Waals surface area contributed by atoms with E-state index in [0.29, 0.717) is 13.1 Å². The second-order valence-electron chi connectivity index (χ2n) is 5.26. The van der Waals surface area contributed by atoms with Crippen molar-refractivity contribution in [2.45, 2.75) is 32.2 Å². The van der Waals surface area contributed by atoms with Crippen LogP contribution < -0.4 is 5.32 Å². The standard InChI is InChI=1S/C17H24N2O2/c1-2-3-6-11-18-17(21)19(12-13-20)16-10-9-14-7-4-5-8-15(14)16/h2-5,7-8,16,20H,6,9-13H2,1H3,(H,18,21). The number of carbonyl (C=O) groups excluding carboxylic acids is 1. The molecule has 1 aliphatic carbocycles. The zero-order valence-electron chi connectivity index (χ0n) is 12.6. The predicted molar refractivity (Wildman–Crippen MR) is 84.1 cm³/mol. The Morgan fingerprint density at radius 2 is 2.29 bits per heavy atom. The van der Waals surface area contributed by atoms with Crippen LogP contribution in [0.2, 0.25) is 0 Å². The molecule has 0 saturated heterocycles. The van der Waals surface area contributed by atoms with Crippen molar-refractivity contribution in [3.8, 4) is 0 Å². The van der Waals surface area contributed by atoms with Crippen molar-refractivity contribution in [1.29, 1.82) is 0 Å². The summed E-state index contributed by atoms with van der Waals surface area (Å²) >= 11 is 0. The predicted octanol–water partition coefficient (Wildman–Crippen LogP) is 2.64. The summed E-state index contributed by atoms with van der Waals surface area (Å²) in [6.45, 7) is 2.95. The van der Waals surface area contributed by atoms with Gasteiger partial charge in [-0.1, -0.05) is 36.4 Å². The van der Waals surface area contributed by atoms with Crippen LogP contribution in [0.5, 0.6) is 0 Å². The second kappa shape index (κ2) is 7.84. The first-order valence-electron chi connectivity index (χ1n) is 7.62. The summed E-state index contributed by atoms with van der Waals surface area (Å²) in [5.41, 5.74) is 2.53. The molecule has 0 radical (unpaired) electrons. The first-order valence-corrected chi connectivity index (χ1v) is 7.62. The summed E-state index contributed by atoms with van der Waals surface area (Å²) in [5, 5.41) is 12.2. The Hall–Kier alpha value is -1.81. The Bertz CT molecular complexity index is 499. The van der Waals surface area contributed by atoms with Gasteiger partial charge in [-0.05, 0) is 37.3 Å². The van der Waals surface area contributed by atoms with Crippen molar-refractivity contribution in [1.82, 2.24) is 10.2 Å². The van der Waals surface area contributed by atoms with E-state index in [1.165, 1.54) is 11.1 Å². The Morgan fingerprint density at radius 1 is 1.48 bits per heavy atom. The number of aliphatic hydroxyl groups excluding tert-OH is 1. The van der Waals surface area contributed by atoms with Crippen LogP contribution >= 0.6 is 0 Å². The fourth-order valence-corrected chi connectivity index (χ4v) is 2.90. The van der Waals surface area contributed by atoms with E-state index in [-0.39, 0.29) is 18.7 Å². The molecule has 114 valence electrons. The van der Waals surface area contributed by atoms with Gasteiger partial charge in [-0.25, -0.2) is 4.79 Å². The summed E-state index contributed by atoms with van der Waals surface area (Å²) < 4.78 is 0. The third-order valence-electron chi connectivity index (χ3n) is 3.90. The molecule has 0 saturated carbocycles. The van der Waals surface area contributed by atoms with Crippen molar-refractivity contribution in [2.75, 3.05) is 19.7 Å². The minimum absolute atomic E-state index is 0.0129. The quantitative estimate of drug-likeness (QED) is 0.624. The zero-order valence-corrected chi connectivity index (χ0v) is 12.6. The van der Waals surface area contributed by atoms with Crippen LogP contribution in [0.1, 0.15) is 36.9 Å². The number of nitrogens with one attached hydrogen (secondary N) is 1. The molecule has 1 aliphatic rings. The summed E-state index contributed by atoms with van der Waals surface area (Å²) in [6, 6.07) is 8.25. The highest BCUT2D eigenvalue weighted by Gasteiger charge is 2.30. The number of amides is 2. The third-order valence-corrected chi connectivity index (χ3v) is 3.90. The van der Waals surface area contributed by atoms with Gasteiger partial charge in [0.15, 0.2) is 0 Å². The van der Waals surface area contributed by atoms with Crippen molar-refractivity contribution < 1.29 is 9.90 Å². The zero-order chi connectivity index (χ0) is 15.1. The van der Waals surface area contributed by atoms with E-state index in [1.54, 1.807) is 4.90 Å². The average Bonchev–Trinajstić information content (AvgIpc) is 2.93. The number of aliphatic hydroxyl groups is 1. The average molecular weight is 288 g/mol. The number of hydrogen-bond donors (Lipinski definition) is 2. The highest BCUT2D eigenvalue weighted by molar-refractivity contribution is 5.75. The molecule has 0 aliphatic heterocycles. The molecule has 2 N–H and O–H groups in total. The fraction of sp³-hybridized carbons (Fsp3) is 0.471. The number of nitrogens with zero attached hydrogens (tertiary/aromatic N) is 1. The summed E-state index contributed by atoms with van der Waals surface area (Å²) in [6.07, 6.45) is 6.76. The maximum Gasteiger partial charge on any atom is 0.318 e. The van der Waals surface area contributed by atoms with E-state index >= 15 is 0 Å². The lowest BCUT2D eigenvalue weighted by molar-refractivity contribution is 0.151. The molecule has 0 aromatic heterocycles. The van der Waals surface area contributed by atoms with Crippen molar-refractivity contribution in [2.24, 2.45) is 0 Å². The monoisotopic (exact) mass is 288 g/mol. The molecule has 4 heteroatoms. The summed E-state index contributed by atoms with van der Waals surface area (Å²) in [5.74, 6) is 0. The molecule has 2 amide bonds. The molecule has 0 bridgehead atoms. The van der Waals surface area contributed by atoms with Crippen LogP contribution in [-0.2, 0) is 6.42 Å². The molecule has 1 atom stereocenters. The molecule has 0 fully saturated rings. The van der Waals surface area contributed by atoms with Crippen LogP contribution in [0.4, 0.5) is 4.79 Å². The van der Waals surface area contributed by atoms with Crippen LogP contribution in [0, 0.1) is 0 Å². The van der Waals surface area contributed by atoms with E-state index in [9.17, 15) is 9.90 Å². The molecule has 21 heavy (non-hydrogen) atoms. The largest absolute Gasteiger partial charge is 0.395 e. The second-order valence-corrected chi connectivity index (χ2v) is 5.26. The summed E-state index contributed by atoms with van der Waals surface area (Å²) in [4.78, 5) is 14.1. The fourth-order valence-electron chi connectivity index (χ4n) is 2.90. The van der Waals surface area contributed by atoms with Crippen LogP contribution in [-0.4, -0.2) is 35.7 Å². The molecule has 4 nitrogen and oxygen atoms in total. The molecular weight excluding hydrogens is 264 g/mol. The minimum atomic E-state index is -0.0877. The van der Waals surface area contributed by atoms with E-state index in [0.717, 1.165) is 19.3 Å². The van der Waals surface area contributed by atoms with Gasteiger partial charge in [0.1, 0.15) is 0 Å². The van der Waals surface area contributed by atoms with E-state index in [1.807, 2.05) is 31.2 Å². The number of hydrogen-bond acceptors (Lipinski definition) is 2. The van der Waals surface area contributed by atoms with Crippen molar-refractivity contribution in [3.05, 3.63) is 47.5 Å². The van der Waals surface area contributed by atoms with E-state index in [2.05, 4.69) is 17.4 Å². The number of benzene rings is 1. The van der Waals surface area contributed by atoms with Gasteiger partial charge in [0, 0.05) is 13.1 Å². The maximum atomic E-state index is 12.4. The smallest absolute Gasteiger partial charge is 0.318 e. The molecule has 1 aromatic rings. The Kier molecular flexibility index (Phi) is 5.81. The topological polar surface area (TPSA) is 52.6 Å². The van der Waals surface area contributed by atoms with Crippen molar-refractivity contribution >= 4 is 6.03 Å². The normalized spacial score (nSPS) is 17.0. The highest BCUT2D eigenvalue weighted by atomic mass is 16.3. The Balaban J connectivity index is 2.04. The molecule has 0 spiro atoms. The first-order chi connectivity index (χ1) is 10.3. The van der Waals surface area contributed by atoms with Gasteiger partial charge in [0.25, 0.3) is 0 Å². The van der Waals surface area contributed by atoms with Gasteiger partial charge in [0.05, 0.1) is 12.6 Å². The molecule has 1 aromatic carbocycles. The highest BCUT2D eigenvalue weighted by Crippen LogP contribution is 2.35. The lowest BCUT2D eigenvalue weighted by Gasteiger charge is -2.29. The van der Waals surface area contributed by atoms with E-state index in [4.69, 9.17) is 0 Å². The van der Waals surface area contributed by atoms with Gasteiger partial charge in [-0.2, -0.15) is 0 Å². The number of aryl methyl sites for hydroxylation is 1. The number of carbonyl (C=O) groups is 1. The minimum Gasteiger partial charge on any atom is -0.395 e. The van der Waals surface area contributed by atoms with Gasteiger partial charge in [-0.3, -0.25) is 0 Å². The Morgan fingerprint density at radius 3 is 3.05 bits per heavy atom. The van der Waals surface area contributed by atoms with E-state index < -0.39 is 0 Å². The lowest BCUT2D eigenvalue weighted by atomic mass is 10.1. The SMILES string of the molecule is CC=CCCNC(=O)N(CCO)C1CCc2ccccc21. The van der Waals surface area contributed by atoms with Gasteiger partial charge in [0.2, 0.25) is 0 Å².